The Labute approximate surface area is 208 Å². The smallest absolute Gasteiger partial charge is 0.245 e. The van der Waals surface area contributed by atoms with Crippen molar-refractivity contribution in [3.8, 4) is 17.4 Å². The molecule has 0 saturated carbocycles. The Kier molecular flexibility index (Phi) is 7.38. The van der Waals surface area contributed by atoms with Crippen LogP contribution in [0.25, 0.3) is 5.69 Å². The van der Waals surface area contributed by atoms with Gasteiger partial charge in [-0.1, -0.05) is 18.5 Å². The minimum atomic E-state index is -3.95. The minimum absolute atomic E-state index is 0.0404. The molecule has 1 fully saturated rings. The minimum Gasteiger partial charge on any atom is -0.479 e. The van der Waals surface area contributed by atoms with Crippen molar-refractivity contribution < 1.29 is 22.6 Å². The molecule has 35 heavy (non-hydrogen) atoms. The van der Waals surface area contributed by atoms with Crippen molar-refractivity contribution in [2.75, 3.05) is 32.2 Å². The summed E-state index contributed by atoms with van der Waals surface area (Å²) in [6, 6.07) is 3.38. The number of pyridine rings is 1. The molecule has 0 spiro atoms. The van der Waals surface area contributed by atoms with Gasteiger partial charge in [0.2, 0.25) is 27.7 Å². The van der Waals surface area contributed by atoms with Crippen LogP contribution in [0.5, 0.6) is 11.8 Å². The van der Waals surface area contributed by atoms with E-state index in [1.807, 2.05) is 0 Å². The molecule has 0 amide bonds. The van der Waals surface area contributed by atoms with Gasteiger partial charge < -0.3 is 14.2 Å². The quantitative estimate of drug-likeness (QED) is 0.444. The molecule has 4 rings (SSSR count). The van der Waals surface area contributed by atoms with Crippen LogP contribution in [-0.4, -0.2) is 70.8 Å². The van der Waals surface area contributed by atoms with Crippen molar-refractivity contribution >= 4 is 27.6 Å². The fourth-order valence-electron chi connectivity index (χ4n) is 3.81. The number of anilines is 1. The Morgan fingerprint density at radius 1 is 1.14 bits per heavy atom. The van der Waals surface area contributed by atoms with Gasteiger partial charge in [-0.3, -0.25) is 14.3 Å². The van der Waals surface area contributed by atoms with E-state index in [0.29, 0.717) is 36.2 Å². The van der Waals surface area contributed by atoms with E-state index in [1.165, 1.54) is 31.3 Å². The fourth-order valence-corrected chi connectivity index (χ4v) is 5.17. The van der Waals surface area contributed by atoms with Crippen LogP contribution in [0.2, 0.25) is 5.02 Å². The molecule has 3 aromatic rings. The molecule has 0 unspecified atom stereocenters. The summed E-state index contributed by atoms with van der Waals surface area (Å²) in [6.45, 7) is 4.35. The van der Waals surface area contributed by atoms with Crippen LogP contribution in [0.3, 0.4) is 0 Å². The van der Waals surface area contributed by atoms with Crippen molar-refractivity contribution in [3.63, 3.8) is 0 Å². The maximum atomic E-state index is 13.4. The van der Waals surface area contributed by atoms with E-state index >= 15 is 0 Å². The summed E-state index contributed by atoms with van der Waals surface area (Å²) in [5.41, 5.74) is 0.875. The first-order valence-corrected chi connectivity index (χ1v) is 12.8. The number of nitrogens with zero attached hydrogens (tertiary/aromatic N) is 6. The monoisotopic (exact) mass is 523 g/mol. The average molecular weight is 524 g/mol. The number of ether oxygens (including phenoxy) is 3. The van der Waals surface area contributed by atoms with Crippen LogP contribution in [0.15, 0.2) is 24.7 Å². The van der Waals surface area contributed by atoms with Gasteiger partial charge in [0.15, 0.2) is 5.69 Å². The number of methoxy groups -OCH3 is 2. The molecule has 3 atom stereocenters. The van der Waals surface area contributed by atoms with Gasteiger partial charge in [-0.15, -0.1) is 10.2 Å². The SMILES string of the molecule is COc1ncnc(OC)c1-n1c(NS(=O)(=O)[C@@H](C)[C@H](C)c2ccc(Cl)cn2)nnc1[C@@H]1CCOC1. The van der Waals surface area contributed by atoms with Gasteiger partial charge in [-0.05, 0) is 25.5 Å². The Morgan fingerprint density at radius 2 is 1.86 bits per heavy atom. The number of hydrogen-bond donors (Lipinski definition) is 1. The first-order chi connectivity index (χ1) is 16.8. The summed E-state index contributed by atoms with van der Waals surface area (Å²) in [6.07, 6.45) is 3.47. The molecule has 1 N–H and O–H groups in total. The van der Waals surface area contributed by atoms with Crippen LogP contribution in [0.4, 0.5) is 5.95 Å². The molecule has 188 valence electrons. The zero-order chi connectivity index (χ0) is 25.2. The van der Waals surface area contributed by atoms with E-state index in [0.717, 1.165) is 0 Å². The van der Waals surface area contributed by atoms with Crippen molar-refractivity contribution in [3.05, 3.63) is 41.2 Å². The number of rotatable bonds is 9. The lowest BCUT2D eigenvalue weighted by atomic mass is 10.0. The maximum Gasteiger partial charge on any atom is 0.245 e. The summed E-state index contributed by atoms with van der Waals surface area (Å²) in [4.78, 5) is 12.6. The fraction of sp³-hybridized carbons (Fsp3) is 0.476. The highest BCUT2D eigenvalue weighted by molar-refractivity contribution is 7.93. The highest BCUT2D eigenvalue weighted by Crippen LogP contribution is 2.36. The van der Waals surface area contributed by atoms with Gasteiger partial charge in [0, 0.05) is 30.3 Å². The van der Waals surface area contributed by atoms with Gasteiger partial charge in [-0.25, -0.2) is 8.42 Å². The summed E-state index contributed by atoms with van der Waals surface area (Å²) in [5.74, 6) is 0.221. The first-order valence-electron chi connectivity index (χ1n) is 10.9. The number of sulfonamides is 1. The number of hydrogen-bond acceptors (Lipinski definition) is 10. The maximum absolute atomic E-state index is 13.4. The van der Waals surface area contributed by atoms with E-state index in [2.05, 4.69) is 29.9 Å². The van der Waals surface area contributed by atoms with E-state index in [1.54, 1.807) is 26.0 Å². The Balaban J connectivity index is 1.76. The zero-order valence-electron chi connectivity index (χ0n) is 19.7. The zero-order valence-corrected chi connectivity index (χ0v) is 21.2. The van der Waals surface area contributed by atoms with Crippen molar-refractivity contribution in [2.24, 2.45) is 0 Å². The highest BCUT2D eigenvalue weighted by atomic mass is 35.5. The third-order valence-corrected chi connectivity index (χ3v) is 8.07. The summed E-state index contributed by atoms with van der Waals surface area (Å²) in [7, 11) is -1.06. The first kappa shape index (κ1) is 25.1. The van der Waals surface area contributed by atoms with E-state index < -0.39 is 21.2 Å². The van der Waals surface area contributed by atoms with Crippen LogP contribution in [0.1, 0.15) is 43.6 Å². The highest BCUT2D eigenvalue weighted by Gasteiger charge is 2.34. The third-order valence-electron chi connectivity index (χ3n) is 5.99. The molecule has 0 radical (unpaired) electrons. The lowest BCUT2D eigenvalue weighted by Crippen LogP contribution is -2.31. The molecule has 1 aliphatic rings. The van der Waals surface area contributed by atoms with Crippen LogP contribution >= 0.6 is 11.6 Å². The van der Waals surface area contributed by atoms with Gasteiger partial charge in [0.1, 0.15) is 12.2 Å². The predicted octanol–water partition coefficient (Wildman–Crippen LogP) is 2.56. The molecule has 12 nitrogen and oxygen atoms in total. The van der Waals surface area contributed by atoms with Gasteiger partial charge in [-0.2, -0.15) is 9.97 Å². The van der Waals surface area contributed by atoms with Crippen molar-refractivity contribution in [1.29, 1.82) is 0 Å². The second-order valence-electron chi connectivity index (χ2n) is 8.06. The van der Waals surface area contributed by atoms with Gasteiger partial charge >= 0.3 is 0 Å². The molecule has 0 bridgehead atoms. The van der Waals surface area contributed by atoms with Gasteiger partial charge in [0.05, 0.1) is 31.1 Å². The lowest BCUT2D eigenvalue weighted by Gasteiger charge is -2.22. The molecular formula is C21H26ClN7O5S. The van der Waals surface area contributed by atoms with E-state index in [4.69, 9.17) is 25.8 Å². The summed E-state index contributed by atoms with van der Waals surface area (Å²) in [5, 5.41) is 8.07. The Morgan fingerprint density at radius 3 is 2.43 bits per heavy atom. The lowest BCUT2D eigenvalue weighted by molar-refractivity contribution is 0.193. The molecular weight excluding hydrogens is 498 g/mol. The summed E-state index contributed by atoms with van der Waals surface area (Å²) >= 11 is 5.92. The second kappa shape index (κ2) is 10.3. The standard InChI is InChI=1S/C21H26ClN7O5S/c1-12(16-6-5-15(22)9-23-16)13(2)35(30,31)28-21-27-26-18(14-7-8-34-10-14)29(21)17-19(32-3)24-11-25-20(17)33-4/h5-6,9,11-14H,7-8,10H2,1-4H3,(H,27,28)/t12-,13-,14+/m0/s1. The molecule has 3 aromatic heterocycles. The van der Waals surface area contributed by atoms with Crippen LogP contribution < -0.4 is 14.2 Å². The Hall–Kier alpha value is -3.03. The van der Waals surface area contributed by atoms with Gasteiger partial charge in [0.25, 0.3) is 0 Å². The predicted molar refractivity (Wildman–Crippen MR) is 128 cm³/mol. The Bertz CT molecular complexity index is 1260. The normalized spacial score (nSPS) is 17.7. The molecule has 4 heterocycles. The molecule has 1 saturated heterocycles. The largest absolute Gasteiger partial charge is 0.479 e. The molecule has 1 aliphatic heterocycles. The van der Waals surface area contributed by atoms with Crippen molar-refractivity contribution in [2.45, 2.75) is 37.4 Å². The van der Waals surface area contributed by atoms with Crippen LogP contribution in [0, 0.1) is 0 Å². The summed E-state index contributed by atoms with van der Waals surface area (Å²) < 4.78 is 47.4. The van der Waals surface area contributed by atoms with E-state index in [-0.39, 0.29) is 29.3 Å². The number of nitrogens with one attached hydrogen (secondary N) is 1. The topological polar surface area (TPSA) is 143 Å². The van der Waals surface area contributed by atoms with Crippen LogP contribution in [-0.2, 0) is 14.8 Å². The molecule has 14 heteroatoms. The third kappa shape index (κ3) is 5.02. The average Bonchev–Trinajstić information content (AvgIpc) is 3.52. The van der Waals surface area contributed by atoms with E-state index in [9.17, 15) is 8.42 Å². The molecule has 0 aliphatic carbocycles. The van der Waals surface area contributed by atoms with Crippen molar-refractivity contribution in [1.82, 2.24) is 29.7 Å². The second-order valence-corrected chi connectivity index (χ2v) is 10.5. The number of aromatic nitrogens is 6. The number of halogens is 1. The molecule has 0 aromatic carbocycles.